The van der Waals surface area contributed by atoms with Crippen molar-refractivity contribution in [1.82, 2.24) is 20.8 Å². The number of non-ortho nitro benzene ring substituents is 1. The average Bonchev–Trinajstić information content (AvgIpc) is 2.86. The van der Waals surface area contributed by atoms with Crippen LogP contribution in [0.5, 0.6) is 5.75 Å². The van der Waals surface area contributed by atoms with Gasteiger partial charge in [-0.2, -0.15) is 0 Å². The van der Waals surface area contributed by atoms with Crippen molar-refractivity contribution in [2.75, 3.05) is 18.0 Å². The van der Waals surface area contributed by atoms with E-state index in [0.29, 0.717) is 11.3 Å². The Morgan fingerprint density at radius 3 is 2.03 bits per heavy atom. The molecule has 0 saturated carbocycles. The van der Waals surface area contributed by atoms with Gasteiger partial charge in [0.2, 0.25) is 17.5 Å². The van der Waals surface area contributed by atoms with E-state index < -0.39 is 27.3 Å². The van der Waals surface area contributed by atoms with Crippen LogP contribution in [0.2, 0.25) is 0 Å². The highest BCUT2D eigenvalue weighted by atomic mass is 16.6. The van der Waals surface area contributed by atoms with Gasteiger partial charge in [0.25, 0.3) is 11.6 Å². The second-order valence-corrected chi connectivity index (χ2v) is 6.76. The number of aromatic nitrogens is 2. The van der Waals surface area contributed by atoms with Crippen LogP contribution in [0.25, 0.3) is 0 Å². The Hall–Kier alpha value is -5.34. The number of hydrogen-bond acceptors (Lipinski definition) is 11. The maximum atomic E-state index is 12.3. The molecule has 2 amide bonds. The summed E-state index contributed by atoms with van der Waals surface area (Å²) in [6, 6.07) is 11.5. The summed E-state index contributed by atoms with van der Waals surface area (Å²) in [5, 5.41) is 22.3. The molecule has 15 nitrogen and oxygen atoms in total. The molecule has 0 bridgehead atoms. The number of nitro benzene ring substituents is 1. The zero-order chi connectivity index (χ0) is 25.4. The van der Waals surface area contributed by atoms with Crippen LogP contribution in [-0.4, -0.2) is 38.7 Å². The molecule has 0 atom stereocenters. The van der Waals surface area contributed by atoms with Crippen molar-refractivity contribution in [1.29, 1.82) is 0 Å². The molecule has 3 rings (SSSR count). The molecule has 1 heterocycles. The number of carbonyl (C=O) groups is 2. The molecule has 15 heteroatoms. The van der Waals surface area contributed by atoms with E-state index in [1.807, 2.05) is 0 Å². The average molecular weight is 482 g/mol. The predicted octanol–water partition coefficient (Wildman–Crippen LogP) is 1.74. The predicted molar refractivity (Wildman–Crippen MR) is 121 cm³/mol. The van der Waals surface area contributed by atoms with Crippen molar-refractivity contribution < 1.29 is 24.2 Å². The monoisotopic (exact) mass is 482 g/mol. The molecule has 0 aliphatic rings. The second-order valence-electron chi connectivity index (χ2n) is 6.76. The van der Waals surface area contributed by atoms with Crippen LogP contribution in [0, 0.1) is 20.2 Å². The van der Waals surface area contributed by atoms with Gasteiger partial charge in [-0.25, -0.2) is 9.97 Å². The van der Waals surface area contributed by atoms with E-state index in [4.69, 9.17) is 4.74 Å². The maximum absolute atomic E-state index is 12.3. The largest absolute Gasteiger partial charge is 0.497 e. The minimum atomic E-state index is -0.799. The Morgan fingerprint density at radius 2 is 1.49 bits per heavy atom. The van der Waals surface area contributed by atoms with E-state index in [2.05, 4.69) is 31.7 Å². The number of benzene rings is 2. The second kappa shape index (κ2) is 11.0. The number of amides is 2. The number of nitro groups is 2. The van der Waals surface area contributed by atoms with Gasteiger partial charge in [0.1, 0.15) is 12.1 Å². The zero-order valence-electron chi connectivity index (χ0n) is 18.0. The highest BCUT2D eigenvalue weighted by molar-refractivity contribution is 5.95. The van der Waals surface area contributed by atoms with Gasteiger partial charge in [-0.05, 0) is 29.8 Å². The van der Waals surface area contributed by atoms with Gasteiger partial charge in [-0.15, -0.1) is 0 Å². The Kier molecular flexibility index (Phi) is 7.63. The van der Waals surface area contributed by atoms with Gasteiger partial charge in [0.15, 0.2) is 0 Å². The smallest absolute Gasteiger partial charge is 0.356 e. The SMILES string of the molecule is COc1ccc(C(=O)NNc2ncnc(NNC(=O)Cc3ccc([N+](=O)[O-])cc3)c2[N+](=O)[O-])cc1. The topological polar surface area (TPSA) is 204 Å². The fourth-order valence-electron chi connectivity index (χ4n) is 2.76. The molecule has 0 radical (unpaired) electrons. The van der Waals surface area contributed by atoms with Crippen LogP contribution < -0.4 is 26.4 Å². The lowest BCUT2D eigenvalue weighted by Crippen LogP contribution is -2.32. The van der Waals surface area contributed by atoms with Crippen LogP contribution in [0.15, 0.2) is 54.9 Å². The van der Waals surface area contributed by atoms with Gasteiger partial charge in [0, 0.05) is 17.7 Å². The van der Waals surface area contributed by atoms with Crippen LogP contribution >= 0.6 is 0 Å². The summed E-state index contributed by atoms with van der Waals surface area (Å²) in [7, 11) is 1.48. The fourth-order valence-corrected chi connectivity index (χ4v) is 2.76. The molecule has 0 aliphatic heterocycles. The van der Waals surface area contributed by atoms with E-state index in [9.17, 15) is 29.8 Å². The Balaban J connectivity index is 1.64. The summed E-state index contributed by atoms with van der Waals surface area (Å²) in [4.78, 5) is 52.9. The molecule has 0 aliphatic carbocycles. The lowest BCUT2D eigenvalue weighted by molar-refractivity contribution is -0.384. The van der Waals surface area contributed by atoms with Crippen molar-refractivity contribution in [3.63, 3.8) is 0 Å². The van der Waals surface area contributed by atoms with Crippen LogP contribution in [0.4, 0.5) is 23.0 Å². The minimum Gasteiger partial charge on any atom is -0.497 e. The first-order valence-corrected chi connectivity index (χ1v) is 9.76. The van der Waals surface area contributed by atoms with Crippen LogP contribution in [0.1, 0.15) is 15.9 Å². The quantitative estimate of drug-likeness (QED) is 0.242. The normalized spacial score (nSPS) is 10.1. The number of rotatable bonds is 10. The van der Waals surface area contributed by atoms with Crippen molar-refractivity contribution in [2.45, 2.75) is 6.42 Å². The number of methoxy groups -OCH3 is 1. The van der Waals surface area contributed by atoms with Gasteiger partial charge < -0.3 is 4.74 Å². The zero-order valence-corrected chi connectivity index (χ0v) is 18.0. The molecule has 4 N–H and O–H groups in total. The highest BCUT2D eigenvalue weighted by Crippen LogP contribution is 2.27. The number of carbonyl (C=O) groups excluding carboxylic acids is 2. The van der Waals surface area contributed by atoms with Crippen molar-refractivity contribution in [2.24, 2.45) is 0 Å². The Bertz CT molecular complexity index is 1250. The Morgan fingerprint density at radius 1 is 0.886 bits per heavy atom. The Labute approximate surface area is 196 Å². The number of ether oxygens (including phenoxy) is 1. The summed E-state index contributed by atoms with van der Waals surface area (Å²) < 4.78 is 5.02. The number of anilines is 2. The third-order valence-electron chi connectivity index (χ3n) is 4.48. The third kappa shape index (κ3) is 6.35. The summed E-state index contributed by atoms with van der Waals surface area (Å²) in [5.74, 6) is -1.31. The number of hydrazine groups is 2. The molecule has 2 aromatic carbocycles. The molecular weight excluding hydrogens is 464 g/mol. The minimum absolute atomic E-state index is 0.122. The lowest BCUT2D eigenvalue weighted by Gasteiger charge is -2.12. The molecule has 3 aromatic rings. The van der Waals surface area contributed by atoms with Crippen molar-refractivity contribution >= 4 is 34.8 Å². The standard InChI is InChI=1S/C20H18N8O7/c1-35-15-8-4-13(5-9-15)20(30)26-25-19-17(28(33)34)18(21-11-22-19)24-23-16(29)10-12-2-6-14(7-3-12)27(31)32/h2-9,11H,10H2,1H3,(H,23,29)(H,26,30)(H2,21,22,24,25). The van der Waals surface area contributed by atoms with Gasteiger partial charge in [0.05, 0.1) is 23.4 Å². The summed E-state index contributed by atoms with van der Waals surface area (Å²) >= 11 is 0. The highest BCUT2D eigenvalue weighted by Gasteiger charge is 2.24. The van der Waals surface area contributed by atoms with E-state index in [0.717, 1.165) is 6.33 Å². The molecule has 0 saturated heterocycles. The van der Waals surface area contributed by atoms with Gasteiger partial charge in [-0.1, -0.05) is 12.1 Å². The van der Waals surface area contributed by atoms with E-state index in [1.54, 1.807) is 12.1 Å². The summed E-state index contributed by atoms with van der Waals surface area (Å²) in [6.07, 6.45) is 0.826. The summed E-state index contributed by atoms with van der Waals surface area (Å²) in [5.41, 5.74) is 9.26. The lowest BCUT2D eigenvalue weighted by atomic mass is 10.1. The molecule has 35 heavy (non-hydrogen) atoms. The van der Waals surface area contributed by atoms with Gasteiger partial charge in [-0.3, -0.25) is 51.5 Å². The van der Waals surface area contributed by atoms with E-state index in [-0.39, 0.29) is 29.3 Å². The number of nitrogens with one attached hydrogen (secondary N) is 4. The first-order chi connectivity index (χ1) is 16.8. The maximum Gasteiger partial charge on any atom is 0.356 e. The van der Waals surface area contributed by atoms with Crippen molar-refractivity contribution in [3.8, 4) is 5.75 Å². The first kappa shape index (κ1) is 24.3. The molecular formula is C20H18N8O7. The third-order valence-corrected chi connectivity index (χ3v) is 4.48. The molecule has 0 unspecified atom stereocenters. The van der Waals surface area contributed by atoms with Crippen molar-refractivity contribution in [3.05, 3.63) is 86.2 Å². The van der Waals surface area contributed by atoms with E-state index >= 15 is 0 Å². The number of hydrogen-bond donors (Lipinski definition) is 4. The van der Waals surface area contributed by atoms with E-state index in [1.165, 1.54) is 43.5 Å². The fraction of sp³-hybridized carbons (Fsp3) is 0.100. The summed E-state index contributed by atoms with van der Waals surface area (Å²) in [6.45, 7) is 0. The number of nitrogens with zero attached hydrogens (tertiary/aromatic N) is 4. The molecule has 1 aromatic heterocycles. The van der Waals surface area contributed by atoms with Crippen LogP contribution in [-0.2, 0) is 11.2 Å². The molecule has 0 spiro atoms. The molecule has 0 fully saturated rings. The first-order valence-electron chi connectivity index (χ1n) is 9.76. The van der Waals surface area contributed by atoms with Gasteiger partial charge >= 0.3 is 5.69 Å². The molecule has 180 valence electrons. The van der Waals surface area contributed by atoms with Crippen LogP contribution in [0.3, 0.4) is 0 Å².